The number of fused-ring (bicyclic) bond motifs is 2. The van der Waals surface area contributed by atoms with Gasteiger partial charge in [0.05, 0.1) is 7.11 Å². The molecule has 1 saturated carbocycles. The Morgan fingerprint density at radius 1 is 1.00 bits per heavy atom. The standard InChI is InChI=1S/C28H27Cl2NO3/c1-34-21-9-10-25(30)22(17-21)24-15-18-5-2-3-8-23(18)27(24)11-13-28(14-12-27,26(32)33)31-20-7-4-6-19(29)16-20/h2-10,16-17,24,31H,11-15H2,1H3,(H,32,33)/t24-,27?,28?/m1/s1. The van der Waals surface area contributed by atoms with E-state index in [0.29, 0.717) is 17.9 Å². The number of carboxylic acids is 1. The molecule has 3 aromatic rings. The van der Waals surface area contributed by atoms with Crippen molar-refractivity contribution in [2.45, 2.75) is 49.0 Å². The van der Waals surface area contributed by atoms with Crippen molar-refractivity contribution in [3.8, 4) is 5.75 Å². The lowest BCUT2D eigenvalue weighted by molar-refractivity contribution is -0.144. The SMILES string of the molecule is COc1ccc(Cl)c([C@H]2Cc3ccccc3C23CCC(Nc2cccc(Cl)c2)(C(=O)O)CC3)c1. The topological polar surface area (TPSA) is 58.6 Å². The molecule has 1 fully saturated rings. The van der Waals surface area contributed by atoms with Crippen LogP contribution in [0.3, 0.4) is 0 Å². The van der Waals surface area contributed by atoms with E-state index in [0.717, 1.165) is 41.3 Å². The quantitative estimate of drug-likeness (QED) is 0.396. The minimum atomic E-state index is -1.05. The predicted molar refractivity (Wildman–Crippen MR) is 136 cm³/mol. The Morgan fingerprint density at radius 3 is 2.47 bits per heavy atom. The van der Waals surface area contributed by atoms with E-state index in [1.807, 2.05) is 30.3 Å². The first-order valence-corrected chi connectivity index (χ1v) is 12.3. The third-order valence-electron chi connectivity index (χ3n) is 7.84. The molecule has 1 atom stereocenters. The van der Waals surface area contributed by atoms with Gasteiger partial charge in [0.2, 0.25) is 0 Å². The molecule has 0 aromatic heterocycles. The van der Waals surface area contributed by atoms with Gasteiger partial charge in [-0.2, -0.15) is 0 Å². The highest BCUT2D eigenvalue weighted by Crippen LogP contribution is 2.59. The summed E-state index contributed by atoms with van der Waals surface area (Å²) in [6.45, 7) is 0. The molecule has 2 aliphatic rings. The molecular weight excluding hydrogens is 469 g/mol. The highest BCUT2D eigenvalue weighted by Gasteiger charge is 2.54. The molecule has 0 heterocycles. The van der Waals surface area contributed by atoms with Crippen LogP contribution in [0.5, 0.6) is 5.75 Å². The fraction of sp³-hybridized carbons (Fsp3) is 0.321. The molecule has 1 spiro atoms. The Morgan fingerprint density at radius 2 is 1.76 bits per heavy atom. The third kappa shape index (κ3) is 3.83. The van der Waals surface area contributed by atoms with Crippen LogP contribution in [0, 0.1) is 0 Å². The van der Waals surface area contributed by atoms with Crippen molar-refractivity contribution in [1.82, 2.24) is 0 Å². The van der Waals surface area contributed by atoms with Crippen LogP contribution >= 0.6 is 23.2 Å². The molecule has 0 bridgehead atoms. The summed E-state index contributed by atoms with van der Waals surface area (Å²) in [4.78, 5) is 12.6. The molecule has 0 unspecified atom stereocenters. The number of carboxylic acid groups (broad SMARTS) is 1. The fourth-order valence-corrected chi connectivity index (χ4v) is 6.53. The van der Waals surface area contributed by atoms with E-state index in [1.165, 1.54) is 11.1 Å². The zero-order valence-corrected chi connectivity index (χ0v) is 20.5. The Bertz CT molecular complexity index is 1230. The number of benzene rings is 3. The van der Waals surface area contributed by atoms with Crippen molar-refractivity contribution in [2.75, 3.05) is 12.4 Å². The van der Waals surface area contributed by atoms with Crippen molar-refractivity contribution in [3.05, 3.63) is 93.5 Å². The average Bonchev–Trinajstić information content (AvgIpc) is 3.15. The highest BCUT2D eigenvalue weighted by molar-refractivity contribution is 6.31. The lowest BCUT2D eigenvalue weighted by Crippen LogP contribution is -2.52. The average molecular weight is 496 g/mol. The molecule has 2 aliphatic carbocycles. The molecule has 4 nitrogen and oxygen atoms in total. The molecule has 0 radical (unpaired) electrons. The van der Waals surface area contributed by atoms with E-state index >= 15 is 0 Å². The number of rotatable bonds is 5. The monoisotopic (exact) mass is 495 g/mol. The number of ether oxygens (including phenoxy) is 1. The summed E-state index contributed by atoms with van der Waals surface area (Å²) in [6, 6.07) is 21.6. The van der Waals surface area contributed by atoms with Crippen molar-refractivity contribution in [3.63, 3.8) is 0 Å². The first-order valence-electron chi connectivity index (χ1n) is 11.6. The Kier molecular flexibility index (Phi) is 5.99. The van der Waals surface area contributed by atoms with Crippen LogP contribution in [0.1, 0.15) is 48.3 Å². The maximum Gasteiger partial charge on any atom is 0.329 e. The van der Waals surface area contributed by atoms with E-state index in [9.17, 15) is 9.90 Å². The fourth-order valence-electron chi connectivity index (χ4n) is 6.09. The van der Waals surface area contributed by atoms with E-state index < -0.39 is 11.5 Å². The van der Waals surface area contributed by atoms with Gasteiger partial charge in [-0.15, -0.1) is 0 Å². The molecule has 34 heavy (non-hydrogen) atoms. The number of aliphatic carboxylic acids is 1. The van der Waals surface area contributed by atoms with Gasteiger partial charge in [-0.1, -0.05) is 53.5 Å². The molecule has 0 saturated heterocycles. The Labute approximate surface area is 209 Å². The second kappa shape index (κ2) is 8.83. The van der Waals surface area contributed by atoms with Gasteiger partial charge in [0, 0.05) is 21.1 Å². The van der Waals surface area contributed by atoms with E-state index in [1.54, 1.807) is 19.2 Å². The van der Waals surface area contributed by atoms with E-state index in [4.69, 9.17) is 27.9 Å². The molecule has 0 amide bonds. The van der Waals surface area contributed by atoms with Crippen LogP contribution < -0.4 is 10.1 Å². The summed E-state index contributed by atoms with van der Waals surface area (Å²) in [7, 11) is 1.66. The van der Waals surface area contributed by atoms with E-state index in [2.05, 4.69) is 29.6 Å². The summed E-state index contributed by atoms with van der Waals surface area (Å²) in [5, 5.41) is 14.9. The van der Waals surface area contributed by atoms with Crippen molar-refractivity contribution >= 4 is 34.9 Å². The lowest BCUT2D eigenvalue weighted by atomic mass is 9.59. The summed E-state index contributed by atoms with van der Waals surface area (Å²) < 4.78 is 5.51. The summed E-state index contributed by atoms with van der Waals surface area (Å²) in [6.07, 6.45) is 3.36. The normalized spacial score (nSPS) is 25.7. The van der Waals surface area contributed by atoms with Crippen molar-refractivity contribution in [1.29, 1.82) is 0 Å². The van der Waals surface area contributed by atoms with Crippen LogP contribution in [-0.2, 0) is 16.6 Å². The first-order chi connectivity index (χ1) is 16.4. The van der Waals surface area contributed by atoms with Gasteiger partial charge in [-0.05, 0) is 91.1 Å². The van der Waals surface area contributed by atoms with Crippen LogP contribution in [0.25, 0.3) is 0 Å². The first kappa shape index (κ1) is 23.1. The molecule has 0 aliphatic heterocycles. The highest BCUT2D eigenvalue weighted by atomic mass is 35.5. The minimum Gasteiger partial charge on any atom is -0.497 e. The number of methoxy groups -OCH3 is 1. The van der Waals surface area contributed by atoms with Crippen LogP contribution in [0.15, 0.2) is 66.7 Å². The van der Waals surface area contributed by atoms with Gasteiger partial charge in [-0.3, -0.25) is 0 Å². The number of nitrogens with one attached hydrogen (secondary N) is 1. The number of carbonyl (C=O) groups is 1. The molecule has 5 rings (SSSR count). The maximum atomic E-state index is 12.6. The molecule has 6 heteroatoms. The second-order valence-electron chi connectivity index (χ2n) is 9.48. The molecular formula is C28H27Cl2NO3. The van der Waals surface area contributed by atoms with Gasteiger partial charge in [0.15, 0.2) is 0 Å². The van der Waals surface area contributed by atoms with Gasteiger partial charge in [0.25, 0.3) is 0 Å². The second-order valence-corrected chi connectivity index (χ2v) is 10.3. The number of anilines is 1. The van der Waals surface area contributed by atoms with Crippen molar-refractivity contribution in [2.24, 2.45) is 0 Å². The zero-order valence-electron chi connectivity index (χ0n) is 19.0. The van der Waals surface area contributed by atoms with Gasteiger partial charge in [-0.25, -0.2) is 4.79 Å². The van der Waals surface area contributed by atoms with Gasteiger partial charge < -0.3 is 15.2 Å². The van der Waals surface area contributed by atoms with Gasteiger partial charge in [0.1, 0.15) is 11.3 Å². The Balaban J connectivity index is 1.53. The summed E-state index contributed by atoms with van der Waals surface area (Å²) in [5.41, 5.74) is 3.21. The summed E-state index contributed by atoms with van der Waals surface area (Å²) in [5.74, 6) is 0.110. The lowest BCUT2D eigenvalue weighted by Gasteiger charge is -2.47. The van der Waals surface area contributed by atoms with Crippen LogP contribution in [0.4, 0.5) is 5.69 Å². The Hall–Kier alpha value is -2.69. The third-order valence-corrected chi connectivity index (χ3v) is 8.42. The summed E-state index contributed by atoms with van der Waals surface area (Å²) >= 11 is 12.9. The van der Waals surface area contributed by atoms with Crippen LogP contribution in [-0.4, -0.2) is 23.7 Å². The molecule has 176 valence electrons. The number of hydrogen-bond acceptors (Lipinski definition) is 3. The maximum absolute atomic E-state index is 12.6. The largest absolute Gasteiger partial charge is 0.497 e. The zero-order chi connectivity index (χ0) is 23.9. The predicted octanol–water partition coefficient (Wildman–Crippen LogP) is 7.09. The van der Waals surface area contributed by atoms with Crippen LogP contribution in [0.2, 0.25) is 10.0 Å². The smallest absolute Gasteiger partial charge is 0.329 e. The van der Waals surface area contributed by atoms with Crippen molar-refractivity contribution < 1.29 is 14.6 Å². The van der Waals surface area contributed by atoms with Gasteiger partial charge >= 0.3 is 5.97 Å². The number of hydrogen-bond donors (Lipinski definition) is 2. The van der Waals surface area contributed by atoms with E-state index in [-0.39, 0.29) is 11.3 Å². The minimum absolute atomic E-state index is 0.158. The molecule has 2 N–H and O–H groups in total. The number of halogens is 2. The molecule has 3 aromatic carbocycles.